The summed E-state index contributed by atoms with van der Waals surface area (Å²) in [6, 6.07) is 0. The highest BCUT2D eigenvalue weighted by molar-refractivity contribution is 7.12. The molecule has 0 aliphatic rings. The van der Waals surface area contributed by atoms with E-state index in [2.05, 4.69) is 19.6 Å². The Morgan fingerprint density at radius 1 is 1.46 bits per heavy atom. The van der Waals surface area contributed by atoms with Crippen molar-refractivity contribution in [3.05, 3.63) is 16.2 Å². The summed E-state index contributed by atoms with van der Waals surface area (Å²) in [6.45, 7) is 3.94. The summed E-state index contributed by atoms with van der Waals surface area (Å²) in [4.78, 5) is 18.9. The minimum absolute atomic E-state index is 0.206. The molecule has 2 heterocycles. The van der Waals surface area contributed by atoms with Crippen LogP contribution in [-0.4, -0.2) is 19.6 Å². The van der Waals surface area contributed by atoms with E-state index >= 15 is 0 Å². The number of aromatic amines is 1. The highest BCUT2D eigenvalue weighted by atomic mass is 32.1. The fourth-order valence-electron chi connectivity index (χ4n) is 0.988. The van der Waals surface area contributed by atoms with E-state index in [0.717, 1.165) is 11.5 Å². The van der Waals surface area contributed by atoms with Gasteiger partial charge < -0.3 is 4.98 Å². The molecule has 1 N–H and O–H groups in total. The number of hydrogen-bond acceptors (Lipinski definition) is 5. The molecule has 0 aliphatic heterocycles. The molecule has 0 fully saturated rings. The van der Waals surface area contributed by atoms with E-state index in [9.17, 15) is 4.79 Å². The van der Waals surface area contributed by atoms with Gasteiger partial charge in [-0.3, -0.25) is 4.79 Å². The largest absolute Gasteiger partial charge is 0.308 e. The Morgan fingerprint density at radius 3 is 2.92 bits per heavy atom. The first kappa shape index (κ1) is 8.31. The van der Waals surface area contributed by atoms with Gasteiger partial charge in [-0.2, -0.15) is 0 Å². The van der Waals surface area contributed by atoms with Crippen LogP contribution < -0.4 is 5.56 Å². The van der Waals surface area contributed by atoms with Gasteiger partial charge in [0, 0.05) is 17.5 Å². The highest BCUT2D eigenvalue weighted by Crippen LogP contribution is 2.12. The predicted molar refractivity (Wildman–Crippen MR) is 49.9 cm³/mol. The third kappa shape index (κ3) is 1.33. The van der Waals surface area contributed by atoms with Gasteiger partial charge in [-0.05, 0) is 0 Å². The summed E-state index contributed by atoms with van der Waals surface area (Å²) in [5.74, 6) is 0.891. The van der Waals surface area contributed by atoms with Crippen LogP contribution in [0.4, 0.5) is 0 Å². The van der Waals surface area contributed by atoms with E-state index in [1.807, 2.05) is 13.8 Å². The summed E-state index contributed by atoms with van der Waals surface area (Å²) in [5.41, 5.74) is 0.122. The quantitative estimate of drug-likeness (QED) is 0.735. The maximum atomic E-state index is 11.4. The molecule has 0 saturated carbocycles. The minimum Gasteiger partial charge on any atom is -0.308 e. The van der Waals surface area contributed by atoms with Gasteiger partial charge in [0.15, 0.2) is 10.3 Å². The van der Waals surface area contributed by atoms with Crippen LogP contribution in [0.5, 0.6) is 0 Å². The number of hydrogen-bond donors (Lipinski definition) is 1. The monoisotopic (exact) mass is 196 g/mol. The first-order valence-electron chi connectivity index (χ1n) is 3.91. The second-order valence-electron chi connectivity index (χ2n) is 3.03. The topological polar surface area (TPSA) is 71.5 Å². The normalized spacial score (nSPS) is 11.3. The van der Waals surface area contributed by atoms with Crippen LogP contribution in [-0.2, 0) is 0 Å². The zero-order chi connectivity index (χ0) is 9.42. The Balaban J connectivity index is 2.77. The second-order valence-corrected chi connectivity index (χ2v) is 3.77. The van der Waals surface area contributed by atoms with E-state index in [-0.39, 0.29) is 11.5 Å². The molecular formula is C7H8N4OS. The van der Waals surface area contributed by atoms with Gasteiger partial charge in [-0.1, -0.05) is 18.3 Å². The van der Waals surface area contributed by atoms with Crippen LogP contribution in [0.25, 0.3) is 10.3 Å². The Kier molecular flexibility index (Phi) is 1.84. The van der Waals surface area contributed by atoms with Crippen molar-refractivity contribution in [3.63, 3.8) is 0 Å². The van der Waals surface area contributed by atoms with Gasteiger partial charge in [-0.25, -0.2) is 4.98 Å². The minimum atomic E-state index is -0.206. The van der Waals surface area contributed by atoms with Gasteiger partial charge in [0.05, 0.1) is 0 Å². The fraction of sp³-hybridized carbons (Fsp3) is 0.429. The van der Waals surface area contributed by atoms with Crippen molar-refractivity contribution in [2.45, 2.75) is 19.8 Å². The molecule has 5 nitrogen and oxygen atoms in total. The molecule has 0 amide bonds. The van der Waals surface area contributed by atoms with Crippen molar-refractivity contribution >= 4 is 21.9 Å². The summed E-state index contributed by atoms with van der Waals surface area (Å²) in [7, 11) is 0. The molecule has 0 spiro atoms. The smallest absolute Gasteiger partial charge is 0.280 e. The molecular weight excluding hydrogens is 188 g/mol. The number of nitrogens with one attached hydrogen (secondary N) is 1. The zero-order valence-electron chi connectivity index (χ0n) is 7.24. The molecule has 0 saturated heterocycles. The highest BCUT2D eigenvalue weighted by Gasteiger charge is 2.09. The Hall–Kier alpha value is -1.30. The van der Waals surface area contributed by atoms with Crippen molar-refractivity contribution in [3.8, 4) is 0 Å². The van der Waals surface area contributed by atoms with Crippen LogP contribution in [0.15, 0.2) is 4.79 Å². The fourth-order valence-corrected chi connectivity index (χ4v) is 1.55. The second kappa shape index (κ2) is 2.88. The summed E-state index contributed by atoms with van der Waals surface area (Å²) < 4.78 is 3.67. The lowest BCUT2D eigenvalue weighted by molar-refractivity contribution is 0.777. The van der Waals surface area contributed by atoms with Crippen LogP contribution in [0.1, 0.15) is 25.6 Å². The molecule has 0 radical (unpaired) electrons. The average Bonchev–Trinajstić information content (AvgIpc) is 2.51. The van der Waals surface area contributed by atoms with Crippen molar-refractivity contribution in [2.75, 3.05) is 0 Å². The summed E-state index contributed by atoms with van der Waals surface area (Å²) in [5, 5.41) is 3.68. The van der Waals surface area contributed by atoms with Crippen LogP contribution >= 0.6 is 11.5 Å². The van der Waals surface area contributed by atoms with Gasteiger partial charge in [0.1, 0.15) is 5.82 Å². The lowest BCUT2D eigenvalue weighted by atomic mass is 10.2. The Labute approximate surface area is 78.0 Å². The molecule has 68 valence electrons. The number of rotatable bonds is 1. The van der Waals surface area contributed by atoms with Crippen molar-refractivity contribution in [2.24, 2.45) is 0 Å². The van der Waals surface area contributed by atoms with Gasteiger partial charge >= 0.3 is 0 Å². The SMILES string of the molecule is CC(C)c1nc2snnc2c(=O)[nH]1. The standard InChI is InChI=1S/C7H8N4OS/c1-3(2)5-8-6(12)4-7(9-5)13-11-10-4/h3H,1-2H3,(H,8,9,12). The number of fused-ring (bicyclic) bond motifs is 1. The molecule has 2 rings (SSSR count). The lowest BCUT2D eigenvalue weighted by Crippen LogP contribution is -2.12. The molecule has 0 unspecified atom stereocenters. The first-order valence-corrected chi connectivity index (χ1v) is 4.68. The number of H-pyrrole nitrogens is 1. The van der Waals surface area contributed by atoms with Crippen LogP contribution in [0, 0.1) is 0 Å². The van der Waals surface area contributed by atoms with Gasteiger partial charge in [0.25, 0.3) is 5.56 Å². The molecule has 2 aromatic rings. The van der Waals surface area contributed by atoms with E-state index < -0.39 is 0 Å². The molecule has 0 atom stereocenters. The maximum absolute atomic E-state index is 11.4. The molecule has 13 heavy (non-hydrogen) atoms. The van der Waals surface area contributed by atoms with Gasteiger partial charge in [-0.15, -0.1) is 5.10 Å². The lowest BCUT2D eigenvalue weighted by Gasteiger charge is -2.01. The van der Waals surface area contributed by atoms with E-state index in [1.54, 1.807) is 0 Å². The summed E-state index contributed by atoms with van der Waals surface area (Å²) >= 11 is 1.14. The van der Waals surface area contributed by atoms with Gasteiger partial charge in [0.2, 0.25) is 0 Å². The van der Waals surface area contributed by atoms with E-state index in [0.29, 0.717) is 16.2 Å². The molecule has 2 aromatic heterocycles. The molecule has 0 aromatic carbocycles. The molecule has 0 bridgehead atoms. The van der Waals surface area contributed by atoms with E-state index in [4.69, 9.17) is 0 Å². The first-order chi connectivity index (χ1) is 6.18. The average molecular weight is 196 g/mol. The van der Waals surface area contributed by atoms with Crippen molar-refractivity contribution in [1.29, 1.82) is 0 Å². The molecule has 0 aliphatic carbocycles. The van der Waals surface area contributed by atoms with Crippen LogP contribution in [0.3, 0.4) is 0 Å². The summed E-state index contributed by atoms with van der Waals surface area (Å²) in [6.07, 6.45) is 0. The Bertz CT molecular complexity index is 486. The van der Waals surface area contributed by atoms with E-state index in [1.165, 1.54) is 0 Å². The predicted octanol–water partition coefficient (Wildman–Crippen LogP) is 0.898. The molecule has 6 heteroatoms. The maximum Gasteiger partial charge on any atom is 0.280 e. The van der Waals surface area contributed by atoms with Crippen molar-refractivity contribution in [1.82, 2.24) is 19.6 Å². The number of nitrogens with zero attached hydrogens (tertiary/aromatic N) is 3. The third-order valence-corrected chi connectivity index (χ3v) is 2.32. The third-order valence-electron chi connectivity index (χ3n) is 1.70. The Morgan fingerprint density at radius 2 is 2.23 bits per heavy atom. The number of aromatic nitrogens is 4. The zero-order valence-corrected chi connectivity index (χ0v) is 8.05. The van der Waals surface area contributed by atoms with Crippen LogP contribution in [0.2, 0.25) is 0 Å². The van der Waals surface area contributed by atoms with Crippen molar-refractivity contribution < 1.29 is 0 Å².